The van der Waals surface area contributed by atoms with E-state index in [0.717, 1.165) is 17.5 Å². The SMILES string of the molecule is CC(=O)c1cccc(NC(=O)C[C@@H]2C[C@H]3CC[C@@H]2C3)c1. The minimum atomic E-state index is 0.0224. The maximum absolute atomic E-state index is 12.1. The molecule has 20 heavy (non-hydrogen) atoms. The van der Waals surface area contributed by atoms with Gasteiger partial charge in [-0.05, 0) is 56.1 Å². The molecular weight excluding hydrogens is 250 g/mol. The first-order chi connectivity index (χ1) is 9.61. The predicted molar refractivity (Wildman–Crippen MR) is 78.6 cm³/mol. The quantitative estimate of drug-likeness (QED) is 0.850. The average molecular weight is 271 g/mol. The van der Waals surface area contributed by atoms with Gasteiger partial charge >= 0.3 is 0 Å². The van der Waals surface area contributed by atoms with Crippen molar-refractivity contribution >= 4 is 17.4 Å². The molecule has 0 aliphatic heterocycles. The summed E-state index contributed by atoms with van der Waals surface area (Å²) in [7, 11) is 0. The highest BCUT2D eigenvalue weighted by molar-refractivity contribution is 5.97. The van der Waals surface area contributed by atoms with Crippen LogP contribution in [0.4, 0.5) is 5.69 Å². The molecule has 2 aliphatic carbocycles. The van der Waals surface area contributed by atoms with E-state index in [1.165, 1.54) is 32.6 Å². The molecule has 2 aliphatic rings. The normalized spacial score (nSPS) is 27.6. The number of carbonyl (C=O) groups is 2. The fourth-order valence-electron chi connectivity index (χ4n) is 3.89. The summed E-state index contributed by atoms with van der Waals surface area (Å²) in [5, 5.41) is 2.93. The molecule has 0 aromatic heterocycles. The molecular formula is C17H21NO2. The van der Waals surface area contributed by atoms with Crippen molar-refractivity contribution in [1.29, 1.82) is 0 Å². The number of carbonyl (C=O) groups excluding carboxylic acids is 2. The van der Waals surface area contributed by atoms with E-state index < -0.39 is 0 Å². The number of fused-ring (bicyclic) bond motifs is 2. The van der Waals surface area contributed by atoms with Gasteiger partial charge in [0.1, 0.15) is 0 Å². The van der Waals surface area contributed by atoms with Crippen LogP contribution in [0.15, 0.2) is 24.3 Å². The van der Waals surface area contributed by atoms with Crippen molar-refractivity contribution in [2.75, 3.05) is 5.32 Å². The van der Waals surface area contributed by atoms with Gasteiger partial charge in [-0.3, -0.25) is 9.59 Å². The van der Waals surface area contributed by atoms with Crippen LogP contribution in [0, 0.1) is 17.8 Å². The molecule has 0 spiro atoms. The van der Waals surface area contributed by atoms with Crippen LogP contribution in [0.3, 0.4) is 0 Å². The van der Waals surface area contributed by atoms with Gasteiger partial charge in [0.2, 0.25) is 5.91 Å². The number of anilines is 1. The molecule has 106 valence electrons. The topological polar surface area (TPSA) is 46.2 Å². The summed E-state index contributed by atoms with van der Waals surface area (Å²) in [4.78, 5) is 23.5. The van der Waals surface area contributed by atoms with Crippen molar-refractivity contribution in [3.8, 4) is 0 Å². The molecule has 0 saturated heterocycles. The zero-order valence-corrected chi connectivity index (χ0v) is 11.9. The van der Waals surface area contributed by atoms with Gasteiger partial charge in [0, 0.05) is 17.7 Å². The second-order valence-corrected chi connectivity index (χ2v) is 6.32. The average Bonchev–Trinajstić information content (AvgIpc) is 3.01. The molecule has 1 amide bonds. The van der Waals surface area contributed by atoms with Crippen molar-refractivity contribution in [2.45, 2.75) is 39.0 Å². The first-order valence-corrected chi connectivity index (χ1v) is 7.52. The Hall–Kier alpha value is -1.64. The van der Waals surface area contributed by atoms with Crippen LogP contribution in [0.1, 0.15) is 49.4 Å². The molecule has 1 N–H and O–H groups in total. The second-order valence-electron chi connectivity index (χ2n) is 6.32. The Balaban J connectivity index is 1.59. The Labute approximate surface area is 119 Å². The van der Waals surface area contributed by atoms with Crippen LogP contribution in [0.25, 0.3) is 0 Å². The number of ketones is 1. The second kappa shape index (κ2) is 5.39. The minimum absolute atomic E-state index is 0.0224. The molecule has 3 heteroatoms. The highest BCUT2D eigenvalue weighted by Crippen LogP contribution is 2.49. The van der Waals surface area contributed by atoms with Gasteiger partial charge in [0.25, 0.3) is 0 Å². The number of benzene rings is 1. The summed E-state index contributed by atoms with van der Waals surface area (Å²) in [5.74, 6) is 2.33. The van der Waals surface area contributed by atoms with Gasteiger partial charge in [-0.1, -0.05) is 18.6 Å². The molecule has 1 aromatic rings. The van der Waals surface area contributed by atoms with Gasteiger partial charge in [-0.2, -0.15) is 0 Å². The zero-order chi connectivity index (χ0) is 14.1. The summed E-state index contributed by atoms with van der Waals surface area (Å²) >= 11 is 0. The summed E-state index contributed by atoms with van der Waals surface area (Å²) in [5.41, 5.74) is 1.37. The molecule has 0 unspecified atom stereocenters. The predicted octanol–water partition coefficient (Wildman–Crippen LogP) is 3.65. The highest BCUT2D eigenvalue weighted by Gasteiger charge is 2.40. The van der Waals surface area contributed by atoms with Crippen LogP contribution < -0.4 is 5.32 Å². The Kier molecular flexibility index (Phi) is 3.60. The Morgan fingerprint density at radius 3 is 2.75 bits per heavy atom. The molecule has 2 bridgehead atoms. The molecule has 2 saturated carbocycles. The van der Waals surface area contributed by atoms with E-state index in [2.05, 4.69) is 5.32 Å². The smallest absolute Gasteiger partial charge is 0.224 e. The van der Waals surface area contributed by atoms with Gasteiger partial charge in [-0.25, -0.2) is 0 Å². The maximum atomic E-state index is 12.1. The van der Waals surface area contributed by atoms with E-state index in [0.29, 0.717) is 17.9 Å². The Morgan fingerprint density at radius 2 is 2.10 bits per heavy atom. The van der Waals surface area contributed by atoms with Crippen molar-refractivity contribution in [3.05, 3.63) is 29.8 Å². The summed E-state index contributed by atoms with van der Waals surface area (Å²) in [6.07, 6.45) is 5.86. The number of rotatable bonds is 4. The van der Waals surface area contributed by atoms with Gasteiger partial charge < -0.3 is 5.32 Å². The van der Waals surface area contributed by atoms with Gasteiger partial charge in [0.15, 0.2) is 5.78 Å². The van der Waals surface area contributed by atoms with Crippen LogP contribution in [0.2, 0.25) is 0 Å². The monoisotopic (exact) mass is 271 g/mol. The third-order valence-electron chi connectivity index (χ3n) is 4.88. The molecule has 3 atom stereocenters. The number of nitrogens with one attached hydrogen (secondary N) is 1. The molecule has 1 aromatic carbocycles. The van der Waals surface area contributed by atoms with Crippen molar-refractivity contribution in [3.63, 3.8) is 0 Å². The van der Waals surface area contributed by atoms with Gasteiger partial charge in [-0.15, -0.1) is 0 Å². The fourth-order valence-corrected chi connectivity index (χ4v) is 3.89. The summed E-state index contributed by atoms with van der Waals surface area (Å²) in [6, 6.07) is 7.17. The number of hydrogen-bond donors (Lipinski definition) is 1. The standard InChI is InChI=1S/C17H21NO2/c1-11(19)13-3-2-4-16(9-13)18-17(20)10-15-8-12-5-6-14(15)7-12/h2-4,9,12,14-15H,5-8,10H2,1H3,(H,18,20)/t12-,14+,15-/m0/s1. The largest absolute Gasteiger partial charge is 0.326 e. The first-order valence-electron chi connectivity index (χ1n) is 7.52. The lowest BCUT2D eigenvalue weighted by Gasteiger charge is -2.20. The van der Waals surface area contributed by atoms with E-state index in [1.54, 1.807) is 12.1 Å². The zero-order valence-electron chi connectivity index (χ0n) is 11.9. The minimum Gasteiger partial charge on any atom is -0.326 e. The van der Waals surface area contributed by atoms with Crippen LogP contribution in [0.5, 0.6) is 0 Å². The number of Topliss-reactive ketones (excluding diaryl/α,β-unsaturated/α-hetero) is 1. The summed E-state index contributed by atoms with van der Waals surface area (Å²) in [6.45, 7) is 1.54. The fraction of sp³-hybridized carbons (Fsp3) is 0.529. The number of hydrogen-bond acceptors (Lipinski definition) is 2. The molecule has 0 heterocycles. The van der Waals surface area contributed by atoms with E-state index in [4.69, 9.17) is 0 Å². The van der Waals surface area contributed by atoms with Crippen molar-refractivity contribution < 1.29 is 9.59 Å². The third-order valence-corrected chi connectivity index (χ3v) is 4.88. The van der Waals surface area contributed by atoms with Crippen LogP contribution >= 0.6 is 0 Å². The molecule has 2 fully saturated rings. The lowest BCUT2D eigenvalue weighted by atomic mass is 9.86. The third kappa shape index (κ3) is 2.77. The van der Waals surface area contributed by atoms with Crippen LogP contribution in [-0.4, -0.2) is 11.7 Å². The van der Waals surface area contributed by atoms with Crippen molar-refractivity contribution in [2.24, 2.45) is 17.8 Å². The van der Waals surface area contributed by atoms with Crippen LogP contribution in [-0.2, 0) is 4.79 Å². The molecule has 3 rings (SSSR count). The number of amides is 1. The Bertz CT molecular complexity index is 538. The van der Waals surface area contributed by atoms with E-state index in [-0.39, 0.29) is 11.7 Å². The first kappa shape index (κ1) is 13.3. The molecule has 0 radical (unpaired) electrons. The maximum Gasteiger partial charge on any atom is 0.224 e. The Morgan fingerprint density at radius 1 is 1.25 bits per heavy atom. The van der Waals surface area contributed by atoms with E-state index in [1.807, 2.05) is 12.1 Å². The van der Waals surface area contributed by atoms with E-state index in [9.17, 15) is 9.59 Å². The molecule has 3 nitrogen and oxygen atoms in total. The lowest BCUT2D eigenvalue weighted by Crippen LogP contribution is -2.20. The van der Waals surface area contributed by atoms with Gasteiger partial charge in [0.05, 0.1) is 0 Å². The lowest BCUT2D eigenvalue weighted by molar-refractivity contribution is -0.117. The highest BCUT2D eigenvalue weighted by atomic mass is 16.1. The van der Waals surface area contributed by atoms with E-state index >= 15 is 0 Å². The van der Waals surface area contributed by atoms with Crippen molar-refractivity contribution in [1.82, 2.24) is 0 Å². The summed E-state index contributed by atoms with van der Waals surface area (Å²) < 4.78 is 0.